The van der Waals surface area contributed by atoms with Crippen LogP contribution in [0.3, 0.4) is 0 Å². The Hall–Kier alpha value is -1.85. The average Bonchev–Trinajstić information content (AvgIpc) is 3.02. The molecule has 1 aromatic rings. The lowest BCUT2D eigenvalue weighted by Crippen LogP contribution is -2.48. The third kappa shape index (κ3) is 2.84. The number of likely N-dealkylation sites (tertiary alicyclic amines) is 1. The van der Waals surface area contributed by atoms with Gasteiger partial charge in [-0.1, -0.05) is 13.8 Å². The summed E-state index contributed by atoms with van der Waals surface area (Å²) in [5, 5.41) is 2.63. The highest BCUT2D eigenvalue weighted by Gasteiger charge is 2.36. The minimum atomic E-state index is -0.468. The van der Waals surface area contributed by atoms with E-state index in [4.69, 9.17) is 0 Å². The smallest absolute Gasteiger partial charge is 0.246 e. The van der Waals surface area contributed by atoms with Gasteiger partial charge in [0.15, 0.2) is 0 Å². The molecule has 2 heterocycles. The van der Waals surface area contributed by atoms with Crippen LogP contribution in [0.1, 0.15) is 44.2 Å². The molecule has 1 saturated heterocycles. The van der Waals surface area contributed by atoms with E-state index in [0.29, 0.717) is 13.0 Å². The summed E-state index contributed by atoms with van der Waals surface area (Å²) in [4.78, 5) is 32.7. The molecule has 0 saturated carbocycles. The number of amides is 2. The van der Waals surface area contributed by atoms with Crippen molar-refractivity contribution in [2.24, 2.45) is 5.92 Å². The van der Waals surface area contributed by atoms with Crippen molar-refractivity contribution in [3.8, 4) is 0 Å². The van der Waals surface area contributed by atoms with Crippen LogP contribution in [0.15, 0.2) is 6.20 Å². The summed E-state index contributed by atoms with van der Waals surface area (Å²) in [5.41, 5.74) is 0.991. The quantitative estimate of drug-likeness (QED) is 0.793. The van der Waals surface area contributed by atoms with E-state index in [1.807, 2.05) is 25.7 Å². The van der Waals surface area contributed by atoms with E-state index in [-0.39, 0.29) is 17.9 Å². The summed E-state index contributed by atoms with van der Waals surface area (Å²) in [7, 11) is 0. The van der Waals surface area contributed by atoms with Gasteiger partial charge in [-0.2, -0.15) is 0 Å². The molecular formula is C14H22N4O2. The number of carbonyl (C=O) groups is 2. The van der Waals surface area contributed by atoms with Crippen molar-refractivity contribution < 1.29 is 9.59 Å². The van der Waals surface area contributed by atoms with Gasteiger partial charge in [0.25, 0.3) is 0 Å². The zero-order valence-electron chi connectivity index (χ0n) is 12.2. The third-order valence-corrected chi connectivity index (χ3v) is 3.75. The van der Waals surface area contributed by atoms with E-state index in [9.17, 15) is 9.59 Å². The van der Waals surface area contributed by atoms with Gasteiger partial charge in [-0.15, -0.1) is 0 Å². The lowest BCUT2D eigenvalue weighted by molar-refractivity contribution is -0.137. The largest absolute Gasteiger partial charge is 0.347 e. The highest BCUT2D eigenvalue weighted by Crippen LogP contribution is 2.31. The summed E-state index contributed by atoms with van der Waals surface area (Å²) < 4.78 is 0. The van der Waals surface area contributed by atoms with Crippen molar-refractivity contribution in [3.05, 3.63) is 17.7 Å². The molecule has 6 nitrogen and oxygen atoms in total. The van der Waals surface area contributed by atoms with Gasteiger partial charge in [0.05, 0.1) is 6.04 Å². The van der Waals surface area contributed by atoms with Gasteiger partial charge >= 0.3 is 0 Å². The third-order valence-electron chi connectivity index (χ3n) is 3.75. The van der Waals surface area contributed by atoms with E-state index in [2.05, 4.69) is 15.3 Å². The van der Waals surface area contributed by atoms with Crippen LogP contribution < -0.4 is 5.32 Å². The maximum absolute atomic E-state index is 12.6. The van der Waals surface area contributed by atoms with Crippen LogP contribution >= 0.6 is 0 Å². The van der Waals surface area contributed by atoms with Crippen LogP contribution in [0.25, 0.3) is 0 Å². The molecule has 20 heavy (non-hydrogen) atoms. The van der Waals surface area contributed by atoms with Crippen LogP contribution in [-0.4, -0.2) is 39.8 Å². The van der Waals surface area contributed by atoms with Crippen molar-refractivity contribution in [3.63, 3.8) is 0 Å². The highest BCUT2D eigenvalue weighted by atomic mass is 16.2. The van der Waals surface area contributed by atoms with E-state index in [1.165, 1.54) is 0 Å². The minimum absolute atomic E-state index is 0.00842. The topological polar surface area (TPSA) is 78.1 Å². The lowest BCUT2D eigenvalue weighted by Gasteiger charge is -2.29. The molecule has 0 radical (unpaired) electrons. The molecule has 110 valence electrons. The first-order valence-electron chi connectivity index (χ1n) is 7.06. The summed E-state index contributed by atoms with van der Waals surface area (Å²) >= 11 is 0. The van der Waals surface area contributed by atoms with E-state index < -0.39 is 6.04 Å². The molecule has 0 aromatic carbocycles. The van der Waals surface area contributed by atoms with Crippen molar-refractivity contribution in [2.75, 3.05) is 6.54 Å². The van der Waals surface area contributed by atoms with E-state index >= 15 is 0 Å². The van der Waals surface area contributed by atoms with Gasteiger partial charge in [0, 0.05) is 18.4 Å². The van der Waals surface area contributed by atoms with Gasteiger partial charge in [0.2, 0.25) is 12.3 Å². The molecule has 1 aliphatic heterocycles. The number of H-pyrrole nitrogens is 1. The predicted molar refractivity (Wildman–Crippen MR) is 74.8 cm³/mol. The van der Waals surface area contributed by atoms with Crippen molar-refractivity contribution in [2.45, 2.75) is 45.7 Å². The van der Waals surface area contributed by atoms with Crippen LogP contribution in [-0.2, 0) is 9.59 Å². The van der Waals surface area contributed by atoms with Crippen molar-refractivity contribution in [1.82, 2.24) is 20.2 Å². The van der Waals surface area contributed by atoms with E-state index in [0.717, 1.165) is 24.4 Å². The molecule has 2 N–H and O–H groups in total. The predicted octanol–water partition coefficient (Wildman–Crippen LogP) is 1.15. The average molecular weight is 278 g/mol. The Bertz CT molecular complexity index is 483. The maximum atomic E-state index is 12.6. The van der Waals surface area contributed by atoms with Crippen molar-refractivity contribution >= 4 is 12.3 Å². The fourth-order valence-corrected chi connectivity index (χ4v) is 2.72. The summed E-state index contributed by atoms with van der Waals surface area (Å²) in [6.45, 7) is 6.53. The van der Waals surface area contributed by atoms with Gasteiger partial charge in [0.1, 0.15) is 11.9 Å². The molecule has 0 bridgehead atoms. The minimum Gasteiger partial charge on any atom is -0.347 e. The molecule has 0 spiro atoms. The second kappa shape index (κ2) is 6.07. The Kier molecular flexibility index (Phi) is 4.42. The zero-order chi connectivity index (χ0) is 14.7. The Morgan fingerprint density at radius 1 is 1.60 bits per heavy atom. The van der Waals surface area contributed by atoms with Crippen LogP contribution in [0.5, 0.6) is 0 Å². The monoisotopic (exact) mass is 278 g/mol. The van der Waals surface area contributed by atoms with Gasteiger partial charge in [-0.05, 0) is 25.7 Å². The first kappa shape index (κ1) is 14.6. The number of aromatic nitrogens is 2. The van der Waals surface area contributed by atoms with Crippen molar-refractivity contribution in [1.29, 1.82) is 0 Å². The Morgan fingerprint density at radius 2 is 2.35 bits per heavy atom. The molecule has 6 heteroatoms. The molecule has 2 atom stereocenters. The standard InChI is InChI=1S/C14H22N4O2/c1-9(2)12(16-8-19)14(20)18-6-4-5-11(18)13-15-7-10(3)17-13/h7-9,11-12H,4-6H2,1-3H3,(H,15,17)(H,16,19). The molecule has 0 aliphatic carbocycles. The number of nitrogens with zero attached hydrogens (tertiary/aromatic N) is 2. The molecule has 1 aliphatic rings. The number of nitrogens with one attached hydrogen (secondary N) is 2. The fraction of sp³-hybridized carbons (Fsp3) is 0.643. The molecule has 1 fully saturated rings. The number of carbonyl (C=O) groups excluding carboxylic acids is 2. The fourth-order valence-electron chi connectivity index (χ4n) is 2.72. The van der Waals surface area contributed by atoms with Gasteiger partial charge < -0.3 is 15.2 Å². The Balaban J connectivity index is 2.17. The number of rotatable bonds is 5. The van der Waals surface area contributed by atoms with E-state index in [1.54, 1.807) is 6.20 Å². The first-order valence-corrected chi connectivity index (χ1v) is 7.06. The summed E-state index contributed by atoms with van der Waals surface area (Å²) in [6, 6.07) is -0.477. The number of hydrogen-bond acceptors (Lipinski definition) is 3. The normalized spacial score (nSPS) is 20.2. The van der Waals surface area contributed by atoms with Gasteiger partial charge in [-0.25, -0.2) is 4.98 Å². The highest BCUT2D eigenvalue weighted by molar-refractivity contribution is 5.84. The second-order valence-electron chi connectivity index (χ2n) is 5.65. The number of aromatic amines is 1. The Morgan fingerprint density at radius 3 is 2.90 bits per heavy atom. The van der Waals surface area contributed by atoms with Crippen LogP contribution in [0.2, 0.25) is 0 Å². The lowest BCUT2D eigenvalue weighted by atomic mass is 10.0. The molecule has 1 aromatic heterocycles. The van der Waals surface area contributed by atoms with Gasteiger partial charge in [-0.3, -0.25) is 9.59 Å². The number of aryl methyl sites for hydroxylation is 1. The summed E-state index contributed by atoms with van der Waals surface area (Å²) in [6.07, 6.45) is 4.25. The summed E-state index contributed by atoms with van der Waals surface area (Å²) in [5.74, 6) is 0.873. The first-order chi connectivity index (χ1) is 9.54. The number of imidazole rings is 1. The molecule has 2 rings (SSSR count). The zero-order valence-corrected chi connectivity index (χ0v) is 12.2. The number of hydrogen-bond donors (Lipinski definition) is 2. The second-order valence-corrected chi connectivity index (χ2v) is 5.65. The van der Waals surface area contributed by atoms with Crippen LogP contribution in [0, 0.1) is 12.8 Å². The SMILES string of the molecule is Cc1cnc(C2CCCN2C(=O)C(NC=O)C(C)C)[nH]1. The van der Waals surface area contributed by atoms with Crippen LogP contribution in [0.4, 0.5) is 0 Å². The molecular weight excluding hydrogens is 256 g/mol. The molecule has 2 unspecified atom stereocenters. The Labute approximate surface area is 119 Å². The molecule has 2 amide bonds. The maximum Gasteiger partial charge on any atom is 0.246 e.